The third-order valence-corrected chi connectivity index (χ3v) is 7.88. The topological polar surface area (TPSA) is 40.5 Å². The van der Waals surface area contributed by atoms with Crippen molar-refractivity contribution >= 4 is 11.1 Å². The molecule has 4 aliphatic rings. The molecule has 3 aromatic rings. The fourth-order valence-corrected chi connectivity index (χ4v) is 6.89. The minimum Gasteiger partial charge on any atom is -0.507 e. The van der Waals surface area contributed by atoms with E-state index in [1.165, 1.54) is 44.5 Å². The Morgan fingerprint density at radius 2 is 0.969 bits per heavy atom. The Labute approximate surface area is 187 Å². The summed E-state index contributed by atoms with van der Waals surface area (Å²) in [5.74, 6) is 0.684. The van der Waals surface area contributed by atoms with Gasteiger partial charge in [0.15, 0.2) is 0 Å². The molecule has 0 amide bonds. The molecule has 0 radical (unpaired) electrons. The molecule has 4 bridgehead atoms. The van der Waals surface area contributed by atoms with Crippen molar-refractivity contribution in [2.45, 2.75) is 39.5 Å². The predicted molar refractivity (Wildman–Crippen MR) is 127 cm³/mol. The van der Waals surface area contributed by atoms with Gasteiger partial charge in [-0.05, 0) is 72.2 Å². The highest BCUT2D eigenvalue weighted by Crippen LogP contribution is 2.59. The van der Waals surface area contributed by atoms with E-state index in [4.69, 9.17) is 0 Å². The van der Waals surface area contributed by atoms with Crippen LogP contribution in [0.15, 0.2) is 70.8 Å². The molecule has 0 fully saturated rings. The van der Waals surface area contributed by atoms with E-state index in [9.17, 15) is 10.2 Å². The van der Waals surface area contributed by atoms with Crippen molar-refractivity contribution in [3.8, 4) is 11.5 Å². The van der Waals surface area contributed by atoms with Crippen LogP contribution >= 0.6 is 0 Å². The molecule has 0 heterocycles. The first-order valence-electron chi connectivity index (χ1n) is 11.3. The van der Waals surface area contributed by atoms with Crippen LogP contribution in [0.25, 0.3) is 11.1 Å². The van der Waals surface area contributed by atoms with Gasteiger partial charge in [-0.25, -0.2) is 0 Å². The molecule has 156 valence electrons. The van der Waals surface area contributed by atoms with Gasteiger partial charge in [0.2, 0.25) is 0 Å². The minimum atomic E-state index is -0.0116. The van der Waals surface area contributed by atoms with Crippen molar-refractivity contribution in [3.05, 3.63) is 115 Å². The van der Waals surface area contributed by atoms with Crippen LogP contribution in [0.4, 0.5) is 0 Å². The van der Waals surface area contributed by atoms with E-state index in [1.807, 2.05) is 0 Å². The van der Waals surface area contributed by atoms with Gasteiger partial charge in [-0.2, -0.15) is 0 Å². The van der Waals surface area contributed by atoms with Crippen LogP contribution in [0.3, 0.4) is 0 Å². The van der Waals surface area contributed by atoms with E-state index in [2.05, 4.69) is 76.2 Å². The lowest BCUT2D eigenvalue weighted by molar-refractivity contribution is 0.440. The number of allylic oxidation sites excluding steroid dienone is 4. The highest BCUT2D eigenvalue weighted by Gasteiger charge is 2.48. The molecule has 0 spiro atoms. The zero-order chi connectivity index (χ0) is 22.0. The first kappa shape index (κ1) is 18.1. The molecule has 2 atom stereocenters. The second-order valence-electron chi connectivity index (χ2n) is 9.89. The summed E-state index contributed by atoms with van der Waals surface area (Å²) in [5, 5.41) is 25.4. The number of phenolic OH excluding ortho intramolecular Hbond substituents is 2. The number of aromatic hydroxyl groups is 2. The number of phenols is 2. The van der Waals surface area contributed by atoms with Gasteiger partial charge in [-0.1, -0.05) is 59.7 Å². The lowest BCUT2D eigenvalue weighted by atomic mass is 9.83. The van der Waals surface area contributed by atoms with Gasteiger partial charge in [0.05, 0.1) is 0 Å². The fourth-order valence-electron chi connectivity index (χ4n) is 6.89. The van der Waals surface area contributed by atoms with E-state index in [-0.39, 0.29) is 11.8 Å². The van der Waals surface area contributed by atoms with E-state index in [1.54, 1.807) is 0 Å². The lowest BCUT2D eigenvalue weighted by Crippen LogP contribution is -2.25. The molecule has 2 N–H and O–H groups in total. The lowest BCUT2D eigenvalue weighted by Gasteiger charge is -2.21. The van der Waals surface area contributed by atoms with Gasteiger partial charge in [-0.15, -0.1) is 0 Å². The van der Waals surface area contributed by atoms with E-state index < -0.39 is 0 Å². The van der Waals surface area contributed by atoms with Crippen molar-refractivity contribution in [2.24, 2.45) is 0 Å². The van der Waals surface area contributed by atoms with Gasteiger partial charge in [0.25, 0.3) is 0 Å². The zero-order valence-electron chi connectivity index (χ0n) is 18.7. The third-order valence-electron chi connectivity index (χ3n) is 7.88. The van der Waals surface area contributed by atoms with Crippen LogP contribution in [0.5, 0.6) is 11.5 Å². The summed E-state index contributed by atoms with van der Waals surface area (Å²) in [6.07, 6.45) is 0. The van der Waals surface area contributed by atoms with E-state index in [0.717, 1.165) is 32.7 Å². The maximum Gasteiger partial charge on any atom is 0.128 e. The van der Waals surface area contributed by atoms with E-state index in [0.29, 0.717) is 11.5 Å². The molecule has 32 heavy (non-hydrogen) atoms. The molecule has 3 aromatic carbocycles. The molecule has 0 aliphatic heterocycles. The highest BCUT2D eigenvalue weighted by molar-refractivity contribution is 6.00. The number of benzene rings is 3. The van der Waals surface area contributed by atoms with Crippen molar-refractivity contribution in [1.29, 1.82) is 0 Å². The Morgan fingerprint density at radius 3 is 1.34 bits per heavy atom. The SMILES string of the molecule is CC(C)=C1C2=c3c(O)c4c(c(O)c3C1c1ccccc12)=C1C(=C(C)C)C4c2ccccc21. The van der Waals surface area contributed by atoms with Crippen molar-refractivity contribution in [3.63, 3.8) is 0 Å². The van der Waals surface area contributed by atoms with Crippen LogP contribution in [-0.2, 0) is 0 Å². The standard InChI is InChI=1S/C30H24O2/c1-13(2)19-21-15-9-5-6-10-16(15)22(19)26-25(21)29(31)27-23-17-11-7-8-12-18(17)24(20(23)14(3)4)28(27)30(26)32/h5-12,21,24,31-32H,1-4H3. The van der Waals surface area contributed by atoms with E-state index >= 15 is 0 Å². The quantitative estimate of drug-likeness (QED) is 0.502. The smallest absolute Gasteiger partial charge is 0.128 e. The van der Waals surface area contributed by atoms with Crippen molar-refractivity contribution in [1.82, 2.24) is 0 Å². The van der Waals surface area contributed by atoms with Gasteiger partial charge >= 0.3 is 0 Å². The Hall–Kier alpha value is -3.52. The van der Waals surface area contributed by atoms with Crippen molar-refractivity contribution in [2.75, 3.05) is 0 Å². The molecule has 2 unspecified atom stereocenters. The van der Waals surface area contributed by atoms with Gasteiger partial charge in [0.1, 0.15) is 11.5 Å². The summed E-state index contributed by atoms with van der Waals surface area (Å²) in [5.41, 5.74) is 13.8. The van der Waals surface area contributed by atoms with Crippen LogP contribution in [0.2, 0.25) is 0 Å². The summed E-state index contributed by atoms with van der Waals surface area (Å²) in [7, 11) is 0. The van der Waals surface area contributed by atoms with Crippen molar-refractivity contribution < 1.29 is 10.2 Å². The molecule has 7 rings (SSSR count). The number of rotatable bonds is 0. The first-order valence-corrected chi connectivity index (χ1v) is 11.3. The van der Waals surface area contributed by atoms with Gasteiger partial charge in [-0.3, -0.25) is 0 Å². The summed E-state index contributed by atoms with van der Waals surface area (Å²) in [6, 6.07) is 16.9. The van der Waals surface area contributed by atoms with Crippen LogP contribution in [-0.4, -0.2) is 10.2 Å². The Morgan fingerprint density at radius 1 is 0.594 bits per heavy atom. The summed E-state index contributed by atoms with van der Waals surface area (Å²) < 4.78 is 0. The average Bonchev–Trinajstić information content (AvgIpc) is 3.50. The maximum absolute atomic E-state index is 11.9. The molecule has 2 nitrogen and oxygen atoms in total. The van der Waals surface area contributed by atoms with Crippen LogP contribution in [0, 0.1) is 0 Å². The Kier molecular flexibility index (Phi) is 3.19. The molecule has 0 saturated heterocycles. The normalized spacial score (nSPS) is 20.5. The Balaban J connectivity index is 1.73. The first-order chi connectivity index (χ1) is 15.4. The molecule has 4 aliphatic carbocycles. The summed E-state index contributed by atoms with van der Waals surface area (Å²) in [6.45, 7) is 8.55. The molecule has 2 heteroatoms. The molecular weight excluding hydrogens is 392 g/mol. The minimum absolute atomic E-state index is 0.0116. The van der Waals surface area contributed by atoms with Gasteiger partial charge < -0.3 is 10.2 Å². The zero-order valence-corrected chi connectivity index (χ0v) is 18.7. The molecule has 0 aromatic heterocycles. The number of fused-ring (bicyclic) bond motifs is 14. The molecule has 0 saturated carbocycles. The monoisotopic (exact) mass is 416 g/mol. The summed E-state index contributed by atoms with van der Waals surface area (Å²) in [4.78, 5) is 0. The maximum atomic E-state index is 11.9. The number of hydrogen-bond acceptors (Lipinski definition) is 2. The number of hydrogen-bond donors (Lipinski definition) is 2. The third kappa shape index (κ3) is 1.77. The second-order valence-corrected chi connectivity index (χ2v) is 9.89. The predicted octanol–water partition coefficient (Wildman–Crippen LogP) is 5.09. The molecular formula is C30H24O2. The average molecular weight is 417 g/mol. The highest BCUT2D eigenvalue weighted by atomic mass is 16.3. The Bertz CT molecular complexity index is 1500. The largest absolute Gasteiger partial charge is 0.507 e. The van der Waals surface area contributed by atoms with Crippen LogP contribution < -0.4 is 10.4 Å². The van der Waals surface area contributed by atoms with Gasteiger partial charge in [0, 0.05) is 33.4 Å². The van der Waals surface area contributed by atoms with Crippen LogP contribution in [0.1, 0.15) is 72.9 Å². The fraction of sp³-hybridized carbons (Fsp3) is 0.200. The second kappa shape index (κ2) is 5.63. The summed E-state index contributed by atoms with van der Waals surface area (Å²) >= 11 is 0.